The van der Waals surface area contributed by atoms with Gasteiger partial charge in [-0.2, -0.15) is 0 Å². The predicted molar refractivity (Wildman–Crippen MR) is 331 cm³/mol. The summed E-state index contributed by atoms with van der Waals surface area (Å²) in [6.45, 7) is 9.73. The lowest BCUT2D eigenvalue weighted by atomic mass is 9.68. The van der Waals surface area contributed by atoms with Crippen molar-refractivity contribution in [2.75, 3.05) is 13.2 Å². The highest BCUT2D eigenvalue weighted by Crippen LogP contribution is 2.58. The van der Waals surface area contributed by atoms with Crippen LogP contribution in [0.15, 0.2) is 218 Å². The third-order valence-electron chi connectivity index (χ3n) is 17.2. The maximum absolute atomic E-state index is 8.35. The molecule has 13 rings (SSSR count). The Morgan fingerprint density at radius 1 is 0.316 bits per heavy atom. The largest absolute Gasteiger partial charge is 0.363 e. The number of benzene rings is 12. The Bertz CT molecular complexity index is 3700. The molecular formula is C75H70O4. The molecule has 394 valence electrons. The molecule has 4 nitrogen and oxygen atoms in total. The molecule has 12 aromatic carbocycles. The second-order valence-electron chi connectivity index (χ2n) is 22.5. The summed E-state index contributed by atoms with van der Waals surface area (Å²) in [5.41, 5.74) is 1.48. The molecule has 0 aliphatic carbocycles. The Labute approximate surface area is 464 Å². The lowest BCUT2D eigenvalue weighted by molar-refractivity contribution is -0.180. The van der Waals surface area contributed by atoms with Crippen molar-refractivity contribution in [1.82, 2.24) is 0 Å². The molecule has 0 spiro atoms. The molecule has 1 aliphatic rings. The van der Waals surface area contributed by atoms with E-state index in [1.165, 1.54) is 21.5 Å². The highest BCUT2D eigenvalue weighted by atomic mass is 16.8. The van der Waals surface area contributed by atoms with Crippen molar-refractivity contribution in [2.45, 2.75) is 108 Å². The Kier molecular flexibility index (Phi) is 13.8. The van der Waals surface area contributed by atoms with E-state index in [1.807, 2.05) is 0 Å². The molecule has 1 fully saturated rings. The fourth-order valence-electron chi connectivity index (χ4n) is 13.7. The van der Waals surface area contributed by atoms with Crippen molar-refractivity contribution < 1.29 is 18.9 Å². The Morgan fingerprint density at radius 2 is 0.557 bits per heavy atom. The molecule has 0 bridgehead atoms. The monoisotopic (exact) mass is 1030 g/mol. The first-order valence-corrected chi connectivity index (χ1v) is 29.1. The summed E-state index contributed by atoms with van der Waals surface area (Å²) in [5.74, 6) is -1.14. The average Bonchev–Trinajstić information content (AvgIpc) is 4.06. The molecular weight excluding hydrogens is 965 g/mol. The zero-order valence-electron chi connectivity index (χ0n) is 46.1. The van der Waals surface area contributed by atoms with Crippen LogP contribution in [-0.2, 0) is 30.1 Å². The van der Waals surface area contributed by atoms with Gasteiger partial charge in [0.2, 0.25) is 0 Å². The zero-order chi connectivity index (χ0) is 53.6. The van der Waals surface area contributed by atoms with Crippen molar-refractivity contribution in [3.63, 3.8) is 0 Å². The molecule has 1 heterocycles. The molecule has 0 aromatic heterocycles. The standard InChI is InChI=1S/C75H70O4/c1-5-7-9-27-45-76-74(67-47-51-29-11-15-33-55(51)59-37-19-23-41-63(59)67,68-48-52-30-12-16-34-56(52)60-38-20-24-42-64(60)68)71-72(79-73(3,4)78-71)75(77-46-28-10-8-6-2,69-49-53-31-13-17-35-57(53)61-39-21-25-43-65(61)69)70-50-54-32-14-18-36-58(54)62-40-22-26-44-66(62)70/h11-26,29-44,47-50,71-72H,5-10,27-28,45-46H2,1-4H3. The van der Waals surface area contributed by atoms with E-state index in [9.17, 15) is 0 Å². The van der Waals surface area contributed by atoms with Gasteiger partial charge >= 0.3 is 0 Å². The molecule has 0 saturated carbocycles. The lowest BCUT2D eigenvalue weighted by Gasteiger charge is -2.48. The number of unbranched alkanes of at least 4 members (excludes halogenated alkanes) is 6. The van der Waals surface area contributed by atoms with Gasteiger partial charge in [-0.15, -0.1) is 0 Å². The molecule has 0 N–H and O–H groups in total. The van der Waals surface area contributed by atoms with Crippen molar-refractivity contribution in [3.05, 3.63) is 241 Å². The van der Waals surface area contributed by atoms with Crippen molar-refractivity contribution in [2.24, 2.45) is 0 Å². The maximum atomic E-state index is 8.35. The lowest BCUT2D eigenvalue weighted by Crippen LogP contribution is -2.57. The van der Waals surface area contributed by atoms with Gasteiger partial charge in [0.15, 0.2) is 5.79 Å². The minimum atomic E-state index is -1.34. The van der Waals surface area contributed by atoms with E-state index in [1.54, 1.807) is 0 Å². The summed E-state index contributed by atoms with van der Waals surface area (Å²) in [5, 5.41) is 18.4. The fourth-order valence-corrected chi connectivity index (χ4v) is 13.7. The SMILES string of the molecule is CCCCCCOC(c1cc2ccccc2c2ccccc12)(c1cc2ccccc2c2ccccc12)C1OC(C)(C)OC1C(OCCCCCC)(c1cc2ccccc2c2ccccc12)c1cc2ccccc2c2ccccc12. The summed E-state index contributed by atoms with van der Waals surface area (Å²) in [6.07, 6.45) is 6.61. The molecule has 79 heavy (non-hydrogen) atoms. The van der Waals surface area contributed by atoms with Gasteiger partial charge in [-0.3, -0.25) is 0 Å². The van der Waals surface area contributed by atoms with Crippen LogP contribution in [0, 0.1) is 0 Å². The summed E-state index contributed by atoms with van der Waals surface area (Å²) in [6, 6.07) is 80.8. The first-order chi connectivity index (χ1) is 38.8. The molecule has 1 saturated heterocycles. The van der Waals surface area contributed by atoms with Crippen LogP contribution in [-0.4, -0.2) is 31.2 Å². The van der Waals surface area contributed by atoms with E-state index in [-0.39, 0.29) is 0 Å². The van der Waals surface area contributed by atoms with Crippen LogP contribution < -0.4 is 0 Å². The van der Waals surface area contributed by atoms with E-state index in [0.29, 0.717) is 13.2 Å². The van der Waals surface area contributed by atoms with Gasteiger partial charge in [-0.05, 0) is 159 Å². The number of rotatable bonds is 18. The maximum Gasteiger partial charge on any atom is 0.164 e. The van der Waals surface area contributed by atoms with Crippen LogP contribution in [0.1, 0.15) is 101 Å². The molecule has 12 aromatic rings. The topological polar surface area (TPSA) is 36.9 Å². The molecule has 0 amide bonds. The molecule has 2 atom stereocenters. The van der Waals surface area contributed by atoms with Crippen molar-refractivity contribution >= 4 is 86.2 Å². The second-order valence-corrected chi connectivity index (χ2v) is 22.5. The number of hydrogen-bond donors (Lipinski definition) is 0. The number of fused-ring (bicyclic) bond motifs is 12. The minimum Gasteiger partial charge on any atom is -0.363 e. The van der Waals surface area contributed by atoms with Gasteiger partial charge in [0.25, 0.3) is 0 Å². The highest BCUT2D eigenvalue weighted by molar-refractivity contribution is 6.14. The molecule has 2 unspecified atom stereocenters. The predicted octanol–water partition coefficient (Wildman–Crippen LogP) is 19.8. The van der Waals surface area contributed by atoms with Crippen LogP contribution in [0.5, 0.6) is 0 Å². The van der Waals surface area contributed by atoms with Gasteiger partial charge < -0.3 is 18.9 Å². The third kappa shape index (κ3) is 8.76. The highest BCUT2D eigenvalue weighted by Gasteiger charge is 2.64. The van der Waals surface area contributed by atoms with Gasteiger partial charge in [0.05, 0.1) is 0 Å². The van der Waals surface area contributed by atoms with Crippen LogP contribution in [0.4, 0.5) is 0 Å². The smallest absolute Gasteiger partial charge is 0.164 e. The molecule has 0 radical (unpaired) electrons. The number of ether oxygens (including phenoxy) is 4. The van der Waals surface area contributed by atoms with Crippen LogP contribution >= 0.6 is 0 Å². The van der Waals surface area contributed by atoms with E-state index in [4.69, 9.17) is 18.9 Å². The minimum absolute atomic E-state index is 0.484. The van der Waals surface area contributed by atoms with E-state index in [0.717, 1.165) is 138 Å². The first-order valence-electron chi connectivity index (χ1n) is 29.1. The van der Waals surface area contributed by atoms with Gasteiger partial charge in [-0.25, -0.2) is 0 Å². The summed E-state index contributed by atoms with van der Waals surface area (Å²) < 4.78 is 32.9. The Balaban J connectivity index is 1.24. The quantitative estimate of drug-likeness (QED) is 0.0634. The average molecular weight is 1040 g/mol. The van der Waals surface area contributed by atoms with Crippen LogP contribution in [0.2, 0.25) is 0 Å². The summed E-state index contributed by atoms with van der Waals surface area (Å²) >= 11 is 0. The second kappa shape index (κ2) is 21.3. The van der Waals surface area contributed by atoms with E-state index < -0.39 is 29.2 Å². The zero-order valence-corrected chi connectivity index (χ0v) is 46.1. The third-order valence-corrected chi connectivity index (χ3v) is 17.2. The Hall–Kier alpha value is -7.44. The van der Waals surface area contributed by atoms with Crippen molar-refractivity contribution in [1.29, 1.82) is 0 Å². The van der Waals surface area contributed by atoms with Crippen LogP contribution in [0.25, 0.3) is 86.2 Å². The van der Waals surface area contributed by atoms with Crippen molar-refractivity contribution in [3.8, 4) is 0 Å². The van der Waals surface area contributed by atoms with Gasteiger partial charge in [0.1, 0.15) is 23.4 Å². The summed E-state index contributed by atoms with van der Waals surface area (Å²) in [7, 11) is 0. The fraction of sp³-hybridized carbons (Fsp3) is 0.253. The molecule has 1 aliphatic heterocycles. The van der Waals surface area contributed by atoms with Gasteiger partial charge in [-0.1, -0.05) is 246 Å². The Morgan fingerprint density at radius 3 is 0.823 bits per heavy atom. The molecule has 4 heteroatoms. The normalized spacial score (nSPS) is 15.9. The van der Waals surface area contributed by atoms with Crippen LogP contribution in [0.3, 0.4) is 0 Å². The number of hydrogen-bond acceptors (Lipinski definition) is 4. The summed E-state index contributed by atoms with van der Waals surface area (Å²) in [4.78, 5) is 0. The first kappa shape index (κ1) is 51.0. The van der Waals surface area contributed by atoms with E-state index >= 15 is 0 Å². The van der Waals surface area contributed by atoms with Gasteiger partial charge in [0, 0.05) is 13.2 Å². The van der Waals surface area contributed by atoms with E-state index in [2.05, 4.69) is 246 Å².